The lowest BCUT2D eigenvalue weighted by Gasteiger charge is -2.07. The third-order valence-electron chi connectivity index (χ3n) is 2.81. The van der Waals surface area contributed by atoms with E-state index in [2.05, 4.69) is 15.3 Å². The molecule has 0 radical (unpaired) electrons. The highest BCUT2D eigenvalue weighted by atomic mass is 16.6. The van der Waals surface area contributed by atoms with E-state index in [1.165, 1.54) is 6.07 Å². The van der Waals surface area contributed by atoms with Crippen LogP contribution in [0.15, 0.2) is 30.5 Å². The Morgan fingerprint density at radius 1 is 1.32 bits per heavy atom. The van der Waals surface area contributed by atoms with Gasteiger partial charge in [0.05, 0.1) is 17.2 Å². The lowest BCUT2D eigenvalue weighted by atomic mass is 10.2. The quantitative estimate of drug-likeness (QED) is 0.673. The van der Waals surface area contributed by atoms with E-state index in [0.29, 0.717) is 18.1 Å². The van der Waals surface area contributed by atoms with Crippen molar-refractivity contribution in [2.24, 2.45) is 0 Å². The van der Waals surface area contributed by atoms with Crippen molar-refractivity contribution >= 4 is 11.5 Å². The van der Waals surface area contributed by atoms with E-state index in [-0.39, 0.29) is 5.69 Å². The van der Waals surface area contributed by atoms with Crippen molar-refractivity contribution in [2.75, 3.05) is 5.32 Å². The van der Waals surface area contributed by atoms with Gasteiger partial charge in [-0.05, 0) is 31.5 Å². The predicted molar refractivity (Wildman–Crippen MR) is 71.9 cm³/mol. The number of aromatic nitrogens is 2. The number of rotatable bonds is 4. The summed E-state index contributed by atoms with van der Waals surface area (Å²) in [6.45, 7) is 4.14. The second kappa shape index (κ2) is 5.43. The Hall–Kier alpha value is -2.50. The van der Waals surface area contributed by atoms with E-state index in [0.717, 1.165) is 11.3 Å². The summed E-state index contributed by atoms with van der Waals surface area (Å²) in [5, 5.41) is 13.8. The van der Waals surface area contributed by atoms with Crippen molar-refractivity contribution in [1.29, 1.82) is 0 Å². The molecule has 0 unspecified atom stereocenters. The standard InChI is InChI=1S/C13H14N4O2/c1-9-4-3-7-14-11(9)8-15-13-6-5-12(17(18)19)10(2)16-13/h3-7H,8H2,1-2H3,(H,15,16). The molecule has 0 fully saturated rings. The fourth-order valence-electron chi connectivity index (χ4n) is 1.72. The summed E-state index contributed by atoms with van der Waals surface area (Å²) in [5.41, 5.74) is 2.45. The molecule has 2 aromatic heterocycles. The number of hydrogen-bond acceptors (Lipinski definition) is 5. The molecule has 6 nitrogen and oxygen atoms in total. The predicted octanol–water partition coefficient (Wildman–Crippen LogP) is 2.61. The summed E-state index contributed by atoms with van der Waals surface area (Å²) in [7, 11) is 0. The zero-order valence-corrected chi connectivity index (χ0v) is 10.8. The molecule has 2 aromatic rings. The molecule has 2 rings (SSSR count). The lowest BCUT2D eigenvalue weighted by Crippen LogP contribution is -2.06. The maximum Gasteiger partial charge on any atom is 0.290 e. The molecule has 0 saturated carbocycles. The summed E-state index contributed by atoms with van der Waals surface area (Å²) in [4.78, 5) is 18.7. The van der Waals surface area contributed by atoms with Gasteiger partial charge in [-0.25, -0.2) is 4.98 Å². The van der Waals surface area contributed by atoms with Gasteiger partial charge in [0, 0.05) is 12.3 Å². The highest BCUT2D eigenvalue weighted by Gasteiger charge is 2.11. The highest BCUT2D eigenvalue weighted by molar-refractivity contribution is 5.45. The summed E-state index contributed by atoms with van der Waals surface area (Å²) in [6.07, 6.45) is 1.73. The van der Waals surface area contributed by atoms with E-state index in [1.54, 1.807) is 19.2 Å². The van der Waals surface area contributed by atoms with Gasteiger partial charge in [0.2, 0.25) is 0 Å². The largest absolute Gasteiger partial charge is 0.364 e. The summed E-state index contributed by atoms with van der Waals surface area (Å²) in [5.74, 6) is 0.605. The van der Waals surface area contributed by atoms with E-state index in [1.807, 2.05) is 19.1 Å². The van der Waals surface area contributed by atoms with Crippen LogP contribution in [0.2, 0.25) is 0 Å². The topological polar surface area (TPSA) is 81.0 Å². The Kier molecular flexibility index (Phi) is 3.70. The number of anilines is 1. The number of nitro groups is 1. The van der Waals surface area contributed by atoms with Crippen molar-refractivity contribution in [2.45, 2.75) is 20.4 Å². The van der Waals surface area contributed by atoms with E-state index >= 15 is 0 Å². The van der Waals surface area contributed by atoms with Crippen LogP contribution in [0, 0.1) is 24.0 Å². The van der Waals surface area contributed by atoms with Crippen LogP contribution >= 0.6 is 0 Å². The van der Waals surface area contributed by atoms with E-state index in [4.69, 9.17) is 0 Å². The zero-order chi connectivity index (χ0) is 13.8. The average Bonchev–Trinajstić information content (AvgIpc) is 2.37. The van der Waals surface area contributed by atoms with Crippen molar-refractivity contribution < 1.29 is 4.92 Å². The third-order valence-corrected chi connectivity index (χ3v) is 2.81. The molecule has 0 aliphatic heterocycles. The highest BCUT2D eigenvalue weighted by Crippen LogP contribution is 2.18. The normalized spacial score (nSPS) is 10.2. The fraction of sp³-hybridized carbons (Fsp3) is 0.231. The number of nitrogens with one attached hydrogen (secondary N) is 1. The SMILES string of the molecule is Cc1cccnc1CNc1ccc([N+](=O)[O-])c(C)n1. The minimum atomic E-state index is -0.436. The summed E-state index contributed by atoms with van der Waals surface area (Å²) >= 11 is 0. The van der Waals surface area contributed by atoms with Crippen molar-refractivity contribution in [1.82, 2.24) is 9.97 Å². The first kappa shape index (κ1) is 12.9. The van der Waals surface area contributed by atoms with Crippen LogP contribution in [0.4, 0.5) is 11.5 Å². The van der Waals surface area contributed by atoms with Crippen molar-refractivity contribution in [3.8, 4) is 0 Å². The smallest absolute Gasteiger partial charge is 0.290 e. The van der Waals surface area contributed by atoms with Crippen molar-refractivity contribution in [3.05, 3.63) is 57.5 Å². The van der Waals surface area contributed by atoms with Crippen LogP contribution in [0.25, 0.3) is 0 Å². The van der Waals surface area contributed by atoms with Gasteiger partial charge >= 0.3 is 0 Å². The van der Waals surface area contributed by atoms with Crippen LogP contribution in [0.3, 0.4) is 0 Å². The van der Waals surface area contributed by atoms with Crippen LogP contribution < -0.4 is 5.32 Å². The zero-order valence-electron chi connectivity index (χ0n) is 10.8. The van der Waals surface area contributed by atoms with Gasteiger partial charge in [-0.15, -0.1) is 0 Å². The maximum absolute atomic E-state index is 10.7. The summed E-state index contributed by atoms with van der Waals surface area (Å²) < 4.78 is 0. The second-order valence-corrected chi connectivity index (χ2v) is 4.18. The molecule has 0 aliphatic carbocycles. The maximum atomic E-state index is 10.7. The minimum Gasteiger partial charge on any atom is -0.364 e. The Morgan fingerprint density at radius 3 is 2.74 bits per heavy atom. The molecule has 0 aliphatic rings. The number of hydrogen-bond donors (Lipinski definition) is 1. The first-order chi connectivity index (χ1) is 9.08. The van der Waals surface area contributed by atoms with Gasteiger partial charge in [-0.3, -0.25) is 15.1 Å². The molecule has 0 aromatic carbocycles. The molecule has 0 saturated heterocycles. The number of pyridine rings is 2. The van der Waals surface area contributed by atoms with Gasteiger partial charge in [0.25, 0.3) is 5.69 Å². The molecule has 0 bridgehead atoms. The van der Waals surface area contributed by atoms with Gasteiger partial charge in [0.15, 0.2) is 0 Å². The van der Waals surface area contributed by atoms with Crippen LogP contribution in [0.1, 0.15) is 17.0 Å². The Bertz CT molecular complexity index is 613. The van der Waals surface area contributed by atoms with Crippen LogP contribution in [-0.4, -0.2) is 14.9 Å². The Balaban J connectivity index is 2.11. The first-order valence-corrected chi connectivity index (χ1v) is 5.84. The van der Waals surface area contributed by atoms with Crippen LogP contribution in [-0.2, 0) is 6.54 Å². The Morgan fingerprint density at radius 2 is 2.11 bits per heavy atom. The molecular weight excluding hydrogens is 244 g/mol. The third kappa shape index (κ3) is 3.04. The Labute approximate surface area is 110 Å². The second-order valence-electron chi connectivity index (χ2n) is 4.18. The molecule has 0 amide bonds. The molecular formula is C13H14N4O2. The molecule has 19 heavy (non-hydrogen) atoms. The molecule has 2 heterocycles. The van der Waals surface area contributed by atoms with E-state index < -0.39 is 4.92 Å². The summed E-state index contributed by atoms with van der Waals surface area (Å²) in [6, 6.07) is 6.92. The molecule has 6 heteroatoms. The molecule has 1 N–H and O–H groups in total. The van der Waals surface area contributed by atoms with Gasteiger partial charge < -0.3 is 5.32 Å². The number of aryl methyl sites for hydroxylation is 2. The van der Waals surface area contributed by atoms with E-state index in [9.17, 15) is 10.1 Å². The number of nitrogens with zero attached hydrogens (tertiary/aromatic N) is 3. The monoisotopic (exact) mass is 258 g/mol. The lowest BCUT2D eigenvalue weighted by molar-refractivity contribution is -0.385. The molecule has 0 atom stereocenters. The minimum absolute atomic E-state index is 0.0274. The first-order valence-electron chi connectivity index (χ1n) is 5.84. The molecule has 98 valence electrons. The molecule has 0 spiro atoms. The van der Waals surface area contributed by atoms with Gasteiger partial charge in [-0.1, -0.05) is 6.07 Å². The van der Waals surface area contributed by atoms with Gasteiger partial charge in [-0.2, -0.15) is 0 Å². The van der Waals surface area contributed by atoms with Crippen LogP contribution in [0.5, 0.6) is 0 Å². The van der Waals surface area contributed by atoms with Crippen molar-refractivity contribution in [3.63, 3.8) is 0 Å². The average molecular weight is 258 g/mol. The van der Waals surface area contributed by atoms with Gasteiger partial charge in [0.1, 0.15) is 11.5 Å². The fourth-order valence-corrected chi connectivity index (χ4v) is 1.72.